The number of hydrogen-bond acceptors (Lipinski definition) is 15. The molecule has 2 saturated heterocycles. The van der Waals surface area contributed by atoms with Crippen LogP contribution in [0.2, 0.25) is 0 Å². The average molecular weight is 913 g/mol. The van der Waals surface area contributed by atoms with Crippen molar-refractivity contribution >= 4 is 11.9 Å². The van der Waals surface area contributed by atoms with E-state index < -0.39 is 99.3 Å². The van der Waals surface area contributed by atoms with Crippen LogP contribution in [-0.2, 0) is 38.0 Å². The molecule has 2 rings (SSSR count). The molecule has 7 N–H and O–H groups in total. The number of ether oxygens (including phenoxy) is 6. The SMILES string of the molecule is CC/C=C/C/C=C/C/C=C/CCCCCCCC(=O)O[C@H](COC(=O)CCCCC/C=C/CCCCCCCC)CO[C@@H]1O[C@H](CO[C@@H]2O[C@H](CO)[C@H](O)C(O)C2O)[C@H](O)C(O)C1O. The fraction of sp³-hybridized carbons (Fsp3) is 0.796. The predicted molar refractivity (Wildman–Crippen MR) is 243 cm³/mol. The Labute approximate surface area is 382 Å². The van der Waals surface area contributed by atoms with Gasteiger partial charge >= 0.3 is 11.9 Å². The van der Waals surface area contributed by atoms with Crippen molar-refractivity contribution in [3.05, 3.63) is 48.6 Å². The number of allylic oxidation sites excluding steroid dienone is 8. The van der Waals surface area contributed by atoms with Gasteiger partial charge in [0.15, 0.2) is 18.7 Å². The molecule has 0 radical (unpaired) electrons. The van der Waals surface area contributed by atoms with Crippen molar-refractivity contribution in [1.29, 1.82) is 0 Å². The number of hydrogen-bond donors (Lipinski definition) is 7. The molecule has 2 aliphatic rings. The maximum atomic E-state index is 13.0. The summed E-state index contributed by atoms with van der Waals surface area (Å²) < 4.78 is 33.5. The van der Waals surface area contributed by atoms with E-state index in [0.717, 1.165) is 77.0 Å². The molecule has 15 heteroatoms. The van der Waals surface area contributed by atoms with Crippen LogP contribution in [0.4, 0.5) is 0 Å². The Morgan fingerprint density at radius 3 is 1.58 bits per heavy atom. The Morgan fingerprint density at radius 1 is 0.516 bits per heavy atom. The van der Waals surface area contributed by atoms with Crippen molar-refractivity contribution in [1.82, 2.24) is 0 Å². The summed E-state index contributed by atoms with van der Waals surface area (Å²) in [6, 6.07) is 0. The quantitative estimate of drug-likeness (QED) is 0.0220. The van der Waals surface area contributed by atoms with E-state index in [1.54, 1.807) is 0 Å². The molecule has 2 fully saturated rings. The largest absolute Gasteiger partial charge is 0.462 e. The minimum absolute atomic E-state index is 0.141. The number of rotatable bonds is 36. The first kappa shape index (κ1) is 57.6. The molecule has 0 aromatic carbocycles. The summed E-state index contributed by atoms with van der Waals surface area (Å²) in [5, 5.41) is 71.9. The Balaban J connectivity index is 1.85. The van der Waals surface area contributed by atoms with Crippen LogP contribution in [0.25, 0.3) is 0 Å². The molecule has 0 spiro atoms. The molecule has 15 nitrogen and oxygen atoms in total. The second-order valence-electron chi connectivity index (χ2n) is 16.9. The van der Waals surface area contributed by atoms with E-state index in [-0.39, 0.29) is 19.4 Å². The summed E-state index contributed by atoms with van der Waals surface area (Å²) in [6.45, 7) is 2.41. The Kier molecular flexibility index (Phi) is 32.9. The van der Waals surface area contributed by atoms with Gasteiger partial charge in [-0.25, -0.2) is 0 Å². The molecule has 64 heavy (non-hydrogen) atoms. The normalized spacial score (nSPS) is 27.0. The molecule has 0 aromatic heterocycles. The second kappa shape index (κ2) is 36.6. The maximum absolute atomic E-state index is 13.0. The van der Waals surface area contributed by atoms with Gasteiger partial charge in [-0.3, -0.25) is 9.59 Å². The molecular formula is C49H84O15. The highest BCUT2D eigenvalue weighted by Crippen LogP contribution is 2.26. The van der Waals surface area contributed by atoms with Crippen LogP contribution in [0.3, 0.4) is 0 Å². The fourth-order valence-corrected chi connectivity index (χ4v) is 7.28. The van der Waals surface area contributed by atoms with Crippen molar-refractivity contribution in [2.45, 2.75) is 223 Å². The van der Waals surface area contributed by atoms with Crippen LogP contribution < -0.4 is 0 Å². The Morgan fingerprint density at radius 2 is 0.984 bits per heavy atom. The summed E-state index contributed by atoms with van der Waals surface area (Å²) in [4.78, 5) is 25.7. The second-order valence-corrected chi connectivity index (χ2v) is 16.9. The van der Waals surface area contributed by atoms with Gasteiger partial charge in [-0.15, -0.1) is 0 Å². The van der Waals surface area contributed by atoms with Gasteiger partial charge in [-0.2, -0.15) is 0 Å². The Hall–Kier alpha value is -2.54. The average Bonchev–Trinajstić information content (AvgIpc) is 3.29. The van der Waals surface area contributed by atoms with Gasteiger partial charge in [-0.1, -0.05) is 120 Å². The van der Waals surface area contributed by atoms with E-state index >= 15 is 0 Å². The van der Waals surface area contributed by atoms with E-state index in [0.29, 0.717) is 12.8 Å². The third kappa shape index (κ3) is 24.8. The standard InChI is InChI=1S/C49H84O15/c1-3-5-7-9-11-13-15-17-18-20-22-24-26-28-30-32-41(52)62-37(34-59-40(51)31-29-27-25-23-21-19-16-14-12-10-8-6-4-2)35-60-48-47(58)45(56)43(54)39(64-48)36-61-49-46(57)44(55)42(53)38(33-50)63-49/h5,7,11,13,17-19,21,37-39,42-50,53-58H,3-4,6,8-10,12,14-16,20,22-36H2,1-2H3/b7-5+,13-11+,18-17+,21-19+/t37-,38-,39-,42+,43+,44?,45?,46?,47?,48-,49-/m1/s1. The fourth-order valence-electron chi connectivity index (χ4n) is 7.28. The van der Waals surface area contributed by atoms with Crippen LogP contribution in [0.1, 0.15) is 155 Å². The third-order valence-corrected chi connectivity index (χ3v) is 11.3. The molecule has 0 aromatic rings. The molecule has 4 unspecified atom stereocenters. The van der Waals surface area contributed by atoms with Gasteiger partial charge in [0.25, 0.3) is 0 Å². The summed E-state index contributed by atoms with van der Waals surface area (Å²) in [6.07, 6.45) is 21.5. The minimum atomic E-state index is -1.77. The highest BCUT2D eigenvalue weighted by atomic mass is 16.7. The van der Waals surface area contributed by atoms with E-state index in [1.165, 1.54) is 38.5 Å². The van der Waals surface area contributed by atoms with E-state index in [1.807, 2.05) is 0 Å². The number of carbonyl (C=O) groups is 2. The first-order valence-corrected chi connectivity index (χ1v) is 24.2. The summed E-state index contributed by atoms with van der Waals surface area (Å²) in [5.74, 6) is -0.967. The van der Waals surface area contributed by atoms with Crippen LogP contribution >= 0.6 is 0 Å². The molecular weight excluding hydrogens is 829 g/mol. The lowest BCUT2D eigenvalue weighted by Crippen LogP contribution is -2.61. The number of carbonyl (C=O) groups excluding carboxylic acids is 2. The molecule has 0 amide bonds. The van der Waals surface area contributed by atoms with Crippen molar-refractivity contribution < 1.29 is 73.8 Å². The molecule has 0 saturated carbocycles. The summed E-state index contributed by atoms with van der Waals surface area (Å²) in [5.41, 5.74) is 0. The monoisotopic (exact) mass is 913 g/mol. The summed E-state index contributed by atoms with van der Waals surface area (Å²) in [7, 11) is 0. The van der Waals surface area contributed by atoms with Crippen molar-refractivity contribution in [2.24, 2.45) is 0 Å². The molecule has 0 bridgehead atoms. The van der Waals surface area contributed by atoms with Crippen molar-refractivity contribution in [2.75, 3.05) is 26.4 Å². The zero-order chi connectivity index (χ0) is 46.8. The first-order valence-electron chi connectivity index (χ1n) is 24.2. The van der Waals surface area contributed by atoms with Gasteiger partial charge in [0.05, 0.1) is 19.8 Å². The van der Waals surface area contributed by atoms with Crippen LogP contribution in [-0.4, -0.2) is 142 Å². The lowest BCUT2D eigenvalue weighted by Gasteiger charge is -2.42. The molecule has 370 valence electrons. The van der Waals surface area contributed by atoms with Crippen molar-refractivity contribution in [3.63, 3.8) is 0 Å². The number of esters is 2. The van der Waals surface area contributed by atoms with Gasteiger partial charge < -0.3 is 64.2 Å². The predicted octanol–water partition coefficient (Wildman–Crippen LogP) is 5.93. The summed E-state index contributed by atoms with van der Waals surface area (Å²) >= 11 is 0. The zero-order valence-corrected chi connectivity index (χ0v) is 38.8. The lowest BCUT2D eigenvalue weighted by molar-refractivity contribution is -0.332. The van der Waals surface area contributed by atoms with E-state index in [9.17, 15) is 45.3 Å². The maximum Gasteiger partial charge on any atom is 0.306 e. The number of unbranched alkanes of at least 4 members (excludes halogenated alkanes) is 14. The van der Waals surface area contributed by atoms with Gasteiger partial charge in [-0.05, 0) is 70.6 Å². The molecule has 11 atom stereocenters. The minimum Gasteiger partial charge on any atom is -0.462 e. The van der Waals surface area contributed by atoms with Crippen LogP contribution in [0.15, 0.2) is 48.6 Å². The van der Waals surface area contributed by atoms with Crippen molar-refractivity contribution in [3.8, 4) is 0 Å². The van der Waals surface area contributed by atoms with Crippen LogP contribution in [0, 0.1) is 0 Å². The number of aliphatic hydroxyl groups excluding tert-OH is 7. The lowest BCUT2D eigenvalue weighted by atomic mass is 9.98. The van der Waals surface area contributed by atoms with Gasteiger partial charge in [0.2, 0.25) is 0 Å². The van der Waals surface area contributed by atoms with E-state index in [4.69, 9.17) is 28.4 Å². The smallest absolute Gasteiger partial charge is 0.306 e. The first-order chi connectivity index (χ1) is 31.0. The Bertz CT molecular complexity index is 1300. The highest BCUT2D eigenvalue weighted by Gasteiger charge is 2.47. The molecule has 2 heterocycles. The topological polar surface area (TPSA) is 231 Å². The highest BCUT2D eigenvalue weighted by molar-refractivity contribution is 5.70. The van der Waals surface area contributed by atoms with Crippen LogP contribution in [0.5, 0.6) is 0 Å². The molecule has 2 aliphatic heterocycles. The third-order valence-electron chi connectivity index (χ3n) is 11.3. The molecule has 0 aliphatic carbocycles. The zero-order valence-electron chi connectivity index (χ0n) is 38.8. The van der Waals surface area contributed by atoms with E-state index in [2.05, 4.69) is 62.5 Å². The van der Waals surface area contributed by atoms with Gasteiger partial charge in [0, 0.05) is 12.8 Å². The van der Waals surface area contributed by atoms with Gasteiger partial charge in [0.1, 0.15) is 55.4 Å². The number of aliphatic hydroxyl groups is 7.